The predicted molar refractivity (Wildman–Crippen MR) is 43.6 cm³/mol. The molecule has 0 heterocycles. The Balaban J connectivity index is 2.21. The van der Waals surface area contributed by atoms with Crippen molar-refractivity contribution < 1.29 is 0 Å². The summed E-state index contributed by atoms with van der Waals surface area (Å²) in [7, 11) is 0. The molecule has 0 fully saturated rings. The van der Waals surface area contributed by atoms with E-state index in [-0.39, 0.29) is 0 Å². The third kappa shape index (κ3) is 0.942. The van der Waals surface area contributed by atoms with Crippen molar-refractivity contribution in [2.24, 2.45) is 11.8 Å². The molecule has 0 N–H and O–H groups in total. The van der Waals surface area contributed by atoms with Gasteiger partial charge in [0.1, 0.15) is 0 Å². The molecular weight excluding hydrogens is 120 g/mol. The number of hydrogen-bond acceptors (Lipinski definition) is 0. The van der Waals surface area contributed by atoms with E-state index in [2.05, 4.69) is 36.5 Å². The Morgan fingerprint density at radius 1 is 1.00 bits per heavy atom. The minimum absolute atomic E-state index is 0.707. The lowest BCUT2D eigenvalue weighted by atomic mass is 9.81. The molecule has 10 heavy (non-hydrogen) atoms. The van der Waals surface area contributed by atoms with Gasteiger partial charge >= 0.3 is 0 Å². The van der Waals surface area contributed by atoms with Crippen LogP contribution >= 0.6 is 0 Å². The first-order valence-corrected chi connectivity index (χ1v) is 3.98. The fourth-order valence-corrected chi connectivity index (χ4v) is 1.71. The Morgan fingerprint density at radius 3 is 2.80 bits per heavy atom. The minimum Gasteiger partial charge on any atom is -0.0879 e. The second kappa shape index (κ2) is 2.45. The molecule has 0 bridgehead atoms. The second-order valence-electron chi connectivity index (χ2n) is 3.02. The van der Waals surface area contributed by atoms with E-state index >= 15 is 0 Å². The molecule has 0 radical (unpaired) electrons. The van der Waals surface area contributed by atoms with Crippen molar-refractivity contribution in [3.8, 4) is 0 Å². The van der Waals surface area contributed by atoms with E-state index in [0.717, 1.165) is 5.92 Å². The van der Waals surface area contributed by atoms with Gasteiger partial charge in [0.05, 0.1) is 0 Å². The number of hydrogen-bond donors (Lipinski definition) is 0. The highest BCUT2D eigenvalue weighted by Gasteiger charge is 2.17. The standard InChI is InChI=1S/C10H12/c1-2-6-10-8-4-3-7-9(10)5-1/h1-3,5-7,9-10H,4,8H2. The molecule has 0 aromatic heterocycles. The first-order chi connectivity index (χ1) is 4.97. The van der Waals surface area contributed by atoms with E-state index in [0.29, 0.717) is 5.92 Å². The third-order valence-electron chi connectivity index (χ3n) is 2.32. The Labute approximate surface area is 61.9 Å². The van der Waals surface area contributed by atoms with Gasteiger partial charge in [-0.05, 0) is 18.8 Å². The Kier molecular flexibility index (Phi) is 1.46. The molecule has 0 aromatic rings. The Morgan fingerprint density at radius 2 is 1.90 bits per heavy atom. The zero-order chi connectivity index (χ0) is 6.81. The average Bonchev–Trinajstić information content (AvgIpc) is 2.05. The molecule has 0 aromatic carbocycles. The highest BCUT2D eigenvalue weighted by atomic mass is 14.2. The summed E-state index contributed by atoms with van der Waals surface area (Å²) in [6.45, 7) is 0. The van der Waals surface area contributed by atoms with E-state index in [1.165, 1.54) is 12.8 Å². The molecule has 52 valence electrons. The predicted octanol–water partition coefficient (Wildman–Crippen LogP) is 2.69. The fraction of sp³-hybridized carbons (Fsp3) is 0.400. The molecule has 0 nitrogen and oxygen atoms in total. The molecule has 2 aliphatic carbocycles. The largest absolute Gasteiger partial charge is 0.0879 e. The zero-order valence-corrected chi connectivity index (χ0v) is 6.03. The SMILES string of the molecule is C1=CC2C=CCCC2C=C1. The van der Waals surface area contributed by atoms with Crippen LogP contribution in [0.25, 0.3) is 0 Å². The normalized spacial score (nSPS) is 36.0. The maximum absolute atomic E-state index is 2.33. The molecule has 0 spiro atoms. The summed E-state index contributed by atoms with van der Waals surface area (Å²) in [6.07, 6.45) is 16.2. The smallest absolute Gasteiger partial charge is 0.00127 e. The molecule has 2 rings (SSSR count). The lowest BCUT2D eigenvalue weighted by Gasteiger charge is -2.23. The summed E-state index contributed by atoms with van der Waals surface area (Å²) in [5.74, 6) is 1.51. The molecule has 2 unspecified atom stereocenters. The van der Waals surface area contributed by atoms with Gasteiger partial charge in [-0.3, -0.25) is 0 Å². The van der Waals surface area contributed by atoms with E-state index < -0.39 is 0 Å². The zero-order valence-electron chi connectivity index (χ0n) is 6.03. The van der Waals surface area contributed by atoms with Crippen molar-refractivity contribution >= 4 is 0 Å². The molecule has 2 atom stereocenters. The molecular formula is C10H12. The second-order valence-corrected chi connectivity index (χ2v) is 3.02. The first-order valence-electron chi connectivity index (χ1n) is 3.98. The maximum atomic E-state index is 2.33. The van der Waals surface area contributed by atoms with Crippen LogP contribution in [0.1, 0.15) is 12.8 Å². The highest BCUT2D eigenvalue weighted by molar-refractivity contribution is 5.20. The summed E-state index contributed by atoms with van der Waals surface area (Å²) in [6, 6.07) is 0. The van der Waals surface area contributed by atoms with Crippen LogP contribution in [-0.2, 0) is 0 Å². The van der Waals surface area contributed by atoms with Crippen LogP contribution in [0.2, 0.25) is 0 Å². The van der Waals surface area contributed by atoms with Crippen LogP contribution in [0.3, 0.4) is 0 Å². The quantitative estimate of drug-likeness (QED) is 0.444. The molecule has 0 aliphatic heterocycles. The Bertz CT molecular complexity index is 196. The van der Waals surface area contributed by atoms with Gasteiger partial charge in [0.25, 0.3) is 0 Å². The summed E-state index contributed by atoms with van der Waals surface area (Å²) >= 11 is 0. The van der Waals surface area contributed by atoms with E-state index in [1.807, 2.05) is 0 Å². The van der Waals surface area contributed by atoms with Crippen LogP contribution in [0.5, 0.6) is 0 Å². The molecule has 0 saturated heterocycles. The average molecular weight is 132 g/mol. The van der Waals surface area contributed by atoms with Crippen LogP contribution in [0.4, 0.5) is 0 Å². The van der Waals surface area contributed by atoms with Crippen molar-refractivity contribution in [1.29, 1.82) is 0 Å². The topological polar surface area (TPSA) is 0 Å². The van der Waals surface area contributed by atoms with Gasteiger partial charge < -0.3 is 0 Å². The summed E-state index contributed by atoms with van der Waals surface area (Å²) in [4.78, 5) is 0. The van der Waals surface area contributed by atoms with Crippen LogP contribution in [0.15, 0.2) is 36.5 Å². The van der Waals surface area contributed by atoms with Crippen molar-refractivity contribution in [2.75, 3.05) is 0 Å². The van der Waals surface area contributed by atoms with E-state index in [1.54, 1.807) is 0 Å². The van der Waals surface area contributed by atoms with E-state index in [4.69, 9.17) is 0 Å². The maximum Gasteiger partial charge on any atom is 0.00127 e. The van der Waals surface area contributed by atoms with E-state index in [9.17, 15) is 0 Å². The van der Waals surface area contributed by atoms with Gasteiger partial charge in [-0.1, -0.05) is 36.5 Å². The van der Waals surface area contributed by atoms with Crippen LogP contribution in [0, 0.1) is 11.8 Å². The highest BCUT2D eigenvalue weighted by Crippen LogP contribution is 2.28. The summed E-state index contributed by atoms with van der Waals surface area (Å²) in [5, 5.41) is 0. The fourth-order valence-electron chi connectivity index (χ4n) is 1.71. The van der Waals surface area contributed by atoms with Gasteiger partial charge in [0.2, 0.25) is 0 Å². The summed E-state index contributed by atoms with van der Waals surface area (Å²) < 4.78 is 0. The first kappa shape index (κ1) is 5.96. The van der Waals surface area contributed by atoms with Gasteiger partial charge in [0.15, 0.2) is 0 Å². The number of fused-ring (bicyclic) bond motifs is 1. The van der Waals surface area contributed by atoms with Crippen molar-refractivity contribution in [3.63, 3.8) is 0 Å². The van der Waals surface area contributed by atoms with Gasteiger partial charge in [-0.15, -0.1) is 0 Å². The van der Waals surface area contributed by atoms with Crippen molar-refractivity contribution in [3.05, 3.63) is 36.5 Å². The van der Waals surface area contributed by atoms with Gasteiger partial charge in [-0.25, -0.2) is 0 Å². The lowest BCUT2D eigenvalue weighted by molar-refractivity contribution is 0.492. The minimum atomic E-state index is 0.707. The Hall–Kier alpha value is -0.780. The third-order valence-corrected chi connectivity index (χ3v) is 2.32. The molecule has 0 heteroatoms. The molecule has 2 aliphatic rings. The van der Waals surface area contributed by atoms with Crippen LogP contribution in [-0.4, -0.2) is 0 Å². The lowest BCUT2D eigenvalue weighted by Crippen LogP contribution is -2.12. The van der Waals surface area contributed by atoms with Gasteiger partial charge in [0, 0.05) is 5.92 Å². The number of rotatable bonds is 0. The summed E-state index contributed by atoms with van der Waals surface area (Å²) in [5.41, 5.74) is 0. The van der Waals surface area contributed by atoms with Crippen LogP contribution < -0.4 is 0 Å². The van der Waals surface area contributed by atoms with Crippen molar-refractivity contribution in [1.82, 2.24) is 0 Å². The molecule has 0 saturated carbocycles. The monoisotopic (exact) mass is 132 g/mol. The molecule has 0 amide bonds. The van der Waals surface area contributed by atoms with Crippen molar-refractivity contribution in [2.45, 2.75) is 12.8 Å². The number of allylic oxidation sites excluding steroid dienone is 6. The van der Waals surface area contributed by atoms with Gasteiger partial charge in [-0.2, -0.15) is 0 Å².